The maximum Gasteiger partial charge on any atom is 0.418 e. The molecule has 9 heteroatoms. The van der Waals surface area contributed by atoms with E-state index in [1.54, 1.807) is 6.07 Å². The van der Waals surface area contributed by atoms with Gasteiger partial charge in [-0.15, -0.1) is 0 Å². The predicted molar refractivity (Wildman–Crippen MR) is 95.1 cm³/mol. The van der Waals surface area contributed by atoms with Gasteiger partial charge in [0.25, 0.3) is 0 Å². The van der Waals surface area contributed by atoms with Crippen LogP contribution in [0.5, 0.6) is 0 Å². The van der Waals surface area contributed by atoms with E-state index in [9.17, 15) is 18.0 Å². The lowest BCUT2D eigenvalue weighted by Gasteiger charge is -2.37. The Morgan fingerprint density at radius 1 is 1.14 bits per heavy atom. The van der Waals surface area contributed by atoms with Crippen LogP contribution >= 0.6 is 0 Å². The molecule has 1 aromatic heterocycles. The van der Waals surface area contributed by atoms with Crippen molar-refractivity contribution in [1.29, 1.82) is 5.26 Å². The van der Waals surface area contributed by atoms with Gasteiger partial charge in [0.15, 0.2) is 0 Å². The lowest BCUT2D eigenvalue weighted by molar-refractivity contribution is -0.136. The molecule has 28 heavy (non-hydrogen) atoms. The van der Waals surface area contributed by atoms with Gasteiger partial charge in [-0.05, 0) is 31.0 Å². The molecule has 0 spiro atoms. The molecule has 2 N–H and O–H groups in total. The second-order valence-electron chi connectivity index (χ2n) is 6.64. The minimum atomic E-state index is -4.58. The number of urea groups is 1. The third kappa shape index (κ3) is 4.22. The first kappa shape index (κ1) is 19.6. The maximum atomic E-state index is 13.2. The number of halogens is 3. The smallest absolute Gasteiger partial charge is 0.327 e. The number of anilines is 1. The van der Waals surface area contributed by atoms with Gasteiger partial charge in [0, 0.05) is 6.20 Å². The van der Waals surface area contributed by atoms with E-state index >= 15 is 0 Å². The molecule has 0 unspecified atom stereocenters. The second-order valence-corrected chi connectivity index (χ2v) is 6.64. The largest absolute Gasteiger partial charge is 0.418 e. The van der Waals surface area contributed by atoms with E-state index in [2.05, 4.69) is 20.6 Å². The Labute approximate surface area is 159 Å². The Bertz CT molecular complexity index is 901. The SMILES string of the molecule is N#Cc1nccc(C2(NC(=O)Nc3ccccc3C(F)(F)F)CCCCC2)n1. The van der Waals surface area contributed by atoms with Crippen molar-refractivity contribution in [3.8, 4) is 6.07 Å². The Morgan fingerprint density at radius 2 is 1.86 bits per heavy atom. The number of hydrogen-bond donors (Lipinski definition) is 2. The van der Waals surface area contributed by atoms with Crippen molar-refractivity contribution in [2.75, 3.05) is 5.32 Å². The van der Waals surface area contributed by atoms with E-state index in [0.717, 1.165) is 25.3 Å². The number of carbonyl (C=O) groups is 1. The molecule has 1 saturated carbocycles. The second kappa shape index (κ2) is 7.84. The first-order chi connectivity index (χ1) is 13.3. The lowest BCUT2D eigenvalue weighted by atomic mass is 9.79. The number of amides is 2. The van der Waals surface area contributed by atoms with E-state index < -0.39 is 23.3 Å². The van der Waals surface area contributed by atoms with Crippen molar-refractivity contribution in [2.24, 2.45) is 0 Å². The number of benzene rings is 1. The van der Waals surface area contributed by atoms with Gasteiger partial charge in [-0.3, -0.25) is 0 Å². The molecule has 0 atom stereocenters. The predicted octanol–water partition coefficient (Wildman–Crippen LogP) is 4.35. The Kier molecular flexibility index (Phi) is 5.49. The number of nitrogens with zero attached hydrogens (tertiary/aromatic N) is 3. The number of para-hydroxylation sites is 1. The molecule has 1 aromatic carbocycles. The maximum absolute atomic E-state index is 13.2. The van der Waals surface area contributed by atoms with Crippen LogP contribution in [0.2, 0.25) is 0 Å². The quantitative estimate of drug-likeness (QED) is 0.817. The van der Waals surface area contributed by atoms with Crippen molar-refractivity contribution < 1.29 is 18.0 Å². The van der Waals surface area contributed by atoms with Crippen molar-refractivity contribution in [3.63, 3.8) is 0 Å². The topological polar surface area (TPSA) is 90.7 Å². The fourth-order valence-electron chi connectivity index (χ4n) is 3.49. The van der Waals surface area contributed by atoms with Crippen LogP contribution in [0.3, 0.4) is 0 Å². The van der Waals surface area contributed by atoms with Crippen LogP contribution in [0.25, 0.3) is 0 Å². The summed E-state index contributed by atoms with van der Waals surface area (Å²) in [5.74, 6) is -0.0212. The zero-order valence-corrected chi connectivity index (χ0v) is 14.9. The fourth-order valence-corrected chi connectivity index (χ4v) is 3.49. The summed E-state index contributed by atoms with van der Waals surface area (Å²) in [6, 6.07) is 7.53. The summed E-state index contributed by atoms with van der Waals surface area (Å²) < 4.78 is 39.5. The number of hydrogen-bond acceptors (Lipinski definition) is 4. The lowest BCUT2D eigenvalue weighted by Crippen LogP contribution is -2.49. The van der Waals surface area contributed by atoms with Gasteiger partial charge >= 0.3 is 12.2 Å². The standard InChI is InChI=1S/C19H18F3N5O/c20-19(21,22)13-6-2-3-7-14(13)25-17(28)27-18(9-4-1-5-10-18)15-8-11-24-16(12-23)26-15/h2-3,6-8,11H,1,4-5,9-10H2,(H2,25,27,28). The summed E-state index contributed by atoms with van der Waals surface area (Å²) in [4.78, 5) is 20.6. The van der Waals surface area contributed by atoms with Crippen LogP contribution in [-0.4, -0.2) is 16.0 Å². The van der Waals surface area contributed by atoms with E-state index in [1.165, 1.54) is 24.4 Å². The molecule has 0 bridgehead atoms. The number of carbonyl (C=O) groups excluding carboxylic acids is 1. The minimum Gasteiger partial charge on any atom is -0.327 e. The molecule has 1 fully saturated rings. The van der Waals surface area contributed by atoms with Crippen molar-refractivity contribution >= 4 is 11.7 Å². The average molecular weight is 389 g/mol. The van der Waals surface area contributed by atoms with Gasteiger partial charge < -0.3 is 10.6 Å². The number of nitriles is 1. The van der Waals surface area contributed by atoms with Gasteiger partial charge in [-0.2, -0.15) is 18.4 Å². The zero-order valence-electron chi connectivity index (χ0n) is 14.9. The van der Waals surface area contributed by atoms with Crippen LogP contribution in [0.15, 0.2) is 36.5 Å². The third-order valence-electron chi connectivity index (χ3n) is 4.79. The molecule has 1 heterocycles. The molecular formula is C19H18F3N5O. The summed E-state index contributed by atoms with van der Waals surface area (Å²) in [6.07, 6.45) is 0.637. The molecule has 2 aromatic rings. The molecule has 6 nitrogen and oxygen atoms in total. The number of nitrogens with one attached hydrogen (secondary N) is 2. The molecule has 0 saturated heterocycles. The summed E-state index contributed by atoms with van der Waals surface area (Å²) in [6.45, 7) is 0. The number of aromatic nitrogens is 2. The van der Waals surface area contributed by atoms with Crippen molar-refractivity contribution in [2.45, 2.75) is 43.8 Å². The fraction of sp³-hybridized carbons (Fsp3) is 0.368. The normalized spacial score (nSPS) is 16.1. The molecule has 0 radical (unpaired) electrons. The summed E-state index contributed by atoms with van der Waals surface area (Å²) >= 11 is 0. The van der Waals surface area contributed by atoms with Gasteiger partial charge in [0.2, 0.25) is 5.82 Å². The van der Waals surface area contributed by atoms with Crippen molar-refractivity contribution in [3.05, 3.63) is 53.6 Å². The van der Waals surface area contributed by atoms with Crippen LogP contribution in [0, 0.1) is 11.3 Å². The minimum absolute atomic E-state index is 0.0212. The highest BCUT2D eigenvalue weighted by Gasteiger charge is 2.38. The highest BCUT2D eigenvalue weighted by molar-refractivity contribution is 5.90. The Hall–Kier alpha value is -3.15. The highest BCUT2D eigenvalue weighted by Crippen LogP contribution is 2.37. The summed E-state index contributed by atoms with van der Waals surface area (Å²) in [5, 5.41) is 14.2. The van der Waals surface area contributed by atoms with Gasteiger partial charge in [-0.25, -0.2) is 14.8 Å². The first-order valence-corrected chi connectivity index (χ1v) is 8.83. The molecule has 3 rings (SSSR count). The van der Waals surface area contributed by atoms with E-state index in [-0.39, 0.29) is 11.5 Å². The van der Waals surface area contributed by atoms with Crippen LogP contribution in [0.4, 0.5) is 23.7 Å². The van der Waals surface area contributed by atoms with Gasteiger partial charge in [-0.1, -0.05) is 31.4 Å². The van der Waals surface area contributed by atoms with E-state index in [1.807, 2.05) is 6.07 Å². The highest BCUT2D eigenvalue weighted by atomic mass is 19.4. The molecule has 146 valence electrons. The van der Waals surface area contributed by atoms with Crippen LogP contribution in [0.1, 0.15) is 49.2 Å². The first-order valence-electron chi connectivity index (χ1n) is 8.83. The molecule has 1 aliphatic carbocycles. The van der Waals surface area contributed by atoms with Gasteiger partial charge in [0.1, 0.15) is 6.07 Å². The zero-order chi connectivity index (χ0) is 20.2. The van der Waals surface area contributed by atoms with Gasteiger partial charge in [0.05, 0.1) is 22.5 Å². The van der Waals surface area contributed by atoms with Crippen molar-refractivity contribution in [1.82, 2.24) is 15.3 Å². The average Bonchev–Trinajstić information content (AvgIpc) is 2.68. The molecule has 1 aliphatic rings. The number of alkyl halides is 3. The van der Waals surface area contributed by atoms with E-state index in [0.29, 0.717) is 18.5 Å². The third-order valence-corrected chi connectivity index (χ3v) is 4.79. The summed E-state index contributed by atoms with van der Waals surface area (Å²) in [7, 11) is 0. The molecule has 2 amide bonds. The summed E-state index contributed by atoms with van der Waals surface area (Å²) in [5.41, 5.74) is -1.61. The Morgan fingerprint density at radius 3 is 2.54 bits per heavy atom. The van der Waals surface area contributed by atoms with E-state index in [4.69, 9.17) is 5.26 Å². The Balaban J connectivity index is 1.87. The molecular weight excluding hydrogens is 371 g/mol. The van der Waals surface area contributed by atoms with Crippen LogP contribution < -0.4 is 10.6 Å². The molecule has 0 aliphatic heterocycles. The van der Waals surface area contributed by atoms with Crippen LogP contribution in [-0.2, 0) is 11.7 Å². The number of rotatable bonds is 3. The monoisotopic (exact) mass is 389 g/mol.